The van der Waals surface area contributed by atoms with E-state index in [2.05, 4.69) is 32.5 Å². The first kappa shape index (κ1) is 28.1. The third kappa shape index (κ3) is 7.12. The molecule has 1 atom stereocenters. The van der Waals surface area contributed by atoms with E-state index < -0.39 is 0 Å². The van der Waals surface area contributed by atoms with Gasteiger partial charge in [-0.05, 0) is 89.3 Å². The normalized spacial score (nSPS) is 19.7. The Morgan fingerprint density at radius 1 is 1.08 bits per heavy atom. The Bertz CT molecular complexity index is 1080. The van der Waals surface area contributed by atoms with Crippen LogP contribution < -0.4 is 22.1 Å². The van der Waals surface area contributed by atoms with Gasteiger partial charge in [-0.2, -0.15) is 5.10 Å². The number of aryl methyl sites for hydroxylation is 1. The van der Waals surface area contributed by atoms with Gasteiger partial charge in [-0.25, -0.2) is 4.68 Å². The molecule has 208 valence electrons. The summed E-state index contributed by atoms with van der Waals surface area (Å²) in [6.07, 6.45) is 8.66. The Kier molecular flexibility index (Phi) is 9.76. The second-order valence-corrected chi connectivity index (χ2v) is 10.6. The van der Waals surface area contributed by atoms with Gasteiger partial charge in [0.2, 0.25) is 0 Å². The van der Waals surface area contributed by atoms with Crippen LogP contribution in [0.25, 0.3) is 5.69 Å². The Balaban J connectivity index is 0.000000317. The number of likely N-dealkylation sites (tertiary alicyclic amines) is 2. The molecule has 10 heteroatoms. The molecule has 3 fully saturated rings. The van der Waals surface area contributed by atoms with E-state index in [4.69, 9.17) is 11.5 Å². The average molecular weight is 525 g/mol. The number of benzene rings is 1. The number of nitrogens with two attached hydrogens (primary N) is 2. The molecule has 6 N–H and O–H groups in total. The highest BCUT2D eigenvalue weighted by Gasteiger charge is 2.25. The van der Waals surface area contributed by atoms with E-state index in [0.717, 1.165) is 44.6 Å². The van der Waals surface area contributed by atoms with Crippen molar-refractivity contribution in [3.05, 3.63) is 41.1 Å². The molecule has 1 saturated carbocycles. The van der Waals surface area contributed by atoms with Crippen LogP contribution in [0.2, 0.25) is 0 Å². The smallest absolute Gasteiger partial charge is 0.256 e. The zero-order chi connectivity index (χ0) is 27.1. The standard InChI is InChI=1S/C21H28N6O2.C7H16N2/c1-14-4-5-15(20(28)25-16-6-7-16)12-18(14)27-19(22)17(13-24-27)21(29)23-8-11-26-9-2-3-10-26;1-2-9-5-3-4-7(9)6-8/h4-5,12-13,16H,2-3,6-11,22H2,1H3,(H,23,29)(H,25,28);7H,2-6,8H2,1H3. The summed E-state index contributed by atoms with van der Waals surface area (Å²) < 4.78 is 1.53. The Labute approximate surface area is 226 Å². The number of nitrogens with zero attached hydrogens (tertiary/aromatic N) is 4. The third-order valence-corrected chi connectivity index (χ3v) is 7.75. The van der Waals surface area contributed by atoms with E-state index in [9.17, 15) is 9.59 Å². The van der Waals surface area contributed by atoms with Gasteiger partial charge in [-0.1, -0.05) is 13.0 Å². The molecule has 3 heterocycles. The highest BCUT2D eigenvalue weighted by Crippen LogP contribution is 2.23. The van der Waals surface area contributed by atoms with Gasteiger partial charge in [0.05, 0.1) is 11.9 Å². The minimum atomic E-state index is -0.228. The lowest BCUT2D eigenvalue weighted by molar-refractivity contribution is 0.0942. The summed E-state index contributed by atoms with van der Waals surface area (Å²) in [7, 11) is 0. The molecule has 2 amide bonds. The van der Waals surface area contributed by atoms with Crippen LogP contribution in [-0.4, -0.2) is 89.3 Å². The van der Waals surface area contributed by atoms with Crippen LogP contribution in [0.5, 0.6) is 0 Å². The highest BCUT2D eigenvalue weighted by molar-refractivity contribution is 5.99. The molecule has 0 radical (unpaired) electrons. The lowest BCUT2D eigenvalue weighted by atomic mass is 10.1. The predicted octanol–water partition coefficient (Wildman–Crippen LogP) is 1.91. The van der Waals surface area contributed by atoms with Crippen LogP contribution in [0.1, 0.15) is 71.7 Å². The van der Waals surface area contributed by atoms with Crippen molar-refractivity contribution in [1.29, 1.82) is 0 Å². The van der Waals surface area contributed by atoms with Crippen LogP contribution in [-0.2, 0) is 0 Å². The fourth-order valence-electron chi connectivity index (χ4n) is 5.21. The monoisotopic (exact) mass is 524 g/mol. The maximum atomic E-state index is 12.5. The number of hydrogen-bond acceptors (Lipinski definition) is 7. The molecule has 38 heavy (non-hydrogen) atoms. The van der Waals surface area contributed by atoms with Crippen molar-refractivity contribution in [1.82, 2.24) is 30.2 Å². The van der Waals surface area contributed by atoms with Crippen molar-refractivity contribution in [2.45, 2.75) is 64.5 Å². The lowest BCUT2D eigenvalue weighted by Gasteiger charge is -2.20. The van der Waals surface area contributed by atoms with Gasteiger partial charge >= 0.3 is 0 Å². The van der Waals surface area contributed by atoms with Crippen molar-refractivity contribution < 1.29 is 9.59 Å². The van der Waals surface area contributed by atoms with E-state index in [-0.39, 0.29) is 23.7 Å². The summed E-state index contributed by atoms with van der Waals surface area (Å²) in [5.74, 6) is -0.0564. The molecule has 1 aromatic carbocycles. The summed E-state index contributed by atoms with van der Waals surface area (Å²) in [5.41, 5.74) is 14.3. The summed E-state index contributed by atoms with van der Waals surface area (Å²) >= 11 is 0. The minimum absolute atomic E-state index is 0.0978. The van der Waals surface area contributed by atoms with Crippen molar-refractivity contribution >= 4 is 17.6 Å². The Morgan fingerprint density at radius 3 is 2.50 bits per heavy atom. The van der Waals surface area contributed by atoms with Crippen LogP contribution in [0.15, 0.2) is 24.4 Å². The van der Waals surface area contributed by atoms with E-state index in [1.165, 1.54) is 49.7 Å². The molecule has 2 aromatic rings. The fourth-order valence-corrected chi connectivity index (χ4v) is 5.21. The van der Waals surface area contributed by atoms with Crippen LogP contribution in [0, 0.1) is 6.92 Å². The fraction of sp³-hybridized carbons (Fsp3) is 0.607. The van der Waals surface area contributed by atoms with Gasteiger partial charge < -0.3 is 27.0 Å². The van der Waals surface area contributed by atoms with E-state index >= 15 is 0 Å². The first-order valence-electron chi connectivity index (χ1n) is 14.1. The molecular weight excluding hydrogens is 480 g/mol. The number of rotatable bonds is 9. The number of carbonyl (C=O) groups is 2. The number of likely N-dealkylation sites (N-methyl/N-ethyl adjacent to an activating group) is 1. The molecule has 2 saturated heterocycles. The predicted molar refractivity (Wildman–Crippen MR) is 151 cm³/mol. The average Bonchev–Trinajstić information content (AvgIpc) is 3.28. The maximum absolute atomic E-state index is 12.5. The maximum Gasteiger partial charge on any atom is 0.256 e. The first-order chi connectivity index (χ1) is 18.4. The minimum Gasteiger partial charge on any atom is -0.383 e. The molecule has 3 aliphatic rings. The van der Waals surface area contributed by atoms with Gasteiger partial charge in [0, 0.05) is 37.3 Å². The van der Waals surface area contributed by atoms with Gasteiger partial charge in [0.1, 0.15) is 11.4 Å². The summed E-state index contributed by atoms with van der Waals surface area (Å²) in [5, 5.41) is 10.2. The molecular formula is C28H44N8O2. The van der Waals surface area contributed by atoms with Gasteiger partial charge in [-0.15, -0.1) is 0 Å². The summed E-state index contributed by atoms with van der Waals surface area (Å²) in [4.78, 5) is 29.7. The highest BCUT2D eigenvalue weighted by atomic mass is 16.2. The first-order valence-corrected chi connectivity index (χ1v) is 14.1. The van der Waals surface area contributed by atoms with Crippen LogP contribution >= 0.6 is 0 Å². The number of carbonyl (C=O) groups excluding carboxylic acids is 2. The molecule has 10 nitrogen and oxygen atoms in total. The SMILES string of the molecule is CCN1CCCC1CN.Cc1ccc(C(=O)NC2CC2)cc1-n1ncc(C(=O)NCCN2CCCC2)c1N. The number of amides is 2. The van der Waals surface area contributed by atoms with Crippen molar-refractivity contribution in [2.24, 2.45) is 5.73 Å². The van der Waals surface area contributed by atoms with Crippen molar-refractivity contribution in [3.63, 3.8) is 0 Å². The second-order valence-electron chi connectivity index (χ2n) is 10.6. The molecule has 1 aromatic heterocycles. The molecule has 0 bridgehead atoms. The topological polar surface area (TPSA) is 135 Å². The van der Waals surface area contributed by atoms with Crippen molar-refractivity contribution in [3.8, 4) is 5.69 Å². The van der Waals surface area contributed by atoms with Gasteiger partial charge in [0.25, 0.3) is 11.8 Å². The third-order valence-electron chi connectivity index (χ3n) is 7.75. The number of hydrogen-bond donors (Lipinski definition) is 4. The molecule has 1 aliphatic carbocycles. The second kappa shape index (κ2) is 13.2. The van der Waals surface area contributed by atoms with Crippen LogP contribution in [0.3, 0.4) is 0 Å². The molecule has 5 rings (SSSR count). The van der Waals surface area contributed by atoms with E-state index in [1.54, 1.807) is 12.1 Å². The van der Waals surface area contributed by atoms with Gasteiger partial charge in [-0.3, -0.25) is 14.5 Å². The number of nitrogens with one attached hydrogen (secondary N) is 2. The lowest BCUT2D eigenvalue weighted by Crippen LogP contribution is -2.34. The van der Waals surface area contributed by atoms with Crippen LogP contribution in [0.4, 0.5) is 5.82 Å². The van der Waals surface area contributed by atoms with Gasteiger partial charge in [0.15, 0.2) is 0 Å². The van der Waals surface area contributed by atoms with Crippen molar-refractivity contribution in [2.75, 3.05) is 51.5 Å². The van der Waals surface area contributed by atoms with E-state index in [0.29, 0.717) is 29.4 Å². The number of nitrogen functional groups attached to an aromatic ring is 1. The Hall–Kier alpha value is -2.95. The molecule has 2 aliphatic heterocycles. The number of aromatic nitrogens is 2. The Morgan fingerprint density at radius 2 is 1.84 bits per heavy atom. The molecule has 1 unspecified atom stereocenters. The largest absolute Gasteiger partial charge is 0.383 e. The quantitative estimate of drug-likeness (QED) is 0.394. The summed E-state index contributed by atoms with van der Waals surface area (Å²) in [6, 6.07) is 6.41. The number of anilines is 1. The summed E-state index contributed by atoms with van der Waals surface area (Å²) in [6.45, 7) is 11.0. The van der Waals surface area contributed by atoms with E-state index in [1.807, 2.05) is 13.0 Å². The zero-order valence-corrected chi connectivity index (χ0v) is 22.9. The molecule has 0 spiro atoms. The zero-order valence-electron chi connectivity index (χ0n) is 22.9.